The molecule has 170 valence electrons. The molecule has 0 aliphatic carbocycles. The van der Waals surface area contributed by atoms with Crippen LogP contribution < -0.4 is 0 Å². The number of benzene rings is 3. The summed E-state index contributed by atoms with van der Waals surface area (Å²) in [5, 5.41) is 11.7. The Labute approximate surface area is 210 Å². The zero-order chi connectivity index (χ0) is 23.4. The Morgan fingerprint density at radius 2 is 1.58 bits per heavy atom. The fourth-order valence-electron chi connectivity index (χ4n) is 3.75. The molecule has 0 fully saturated rings. The van der Waals surface area contributed by atoms with E-state index in [0.29, 0.717) is 21.5 Å². The summed E-state index contributed by atoms with van der Waals surface area (Å²) >= 11 is 6.80. The summed E-state index contributed by atoms with van der Waals surface area (Å²) < 4.78 is 8.12. The standard InChI is InChI=1S/C26H24BrNO3S2/c1-3-31-26(30)24-22(16-33-18-12-8-5-9-13-18)28(2)21-14-20(27)25(29)19(23(21)24)15-32-17-10-6-4-7-11-17/h4-14,29H,3,15-16H2,1-2H3. The summed E-state index contributed by atoms with van der Waals surface area (Å²) in [6.45, 7) is 2.10. The number of thioether (sulfide) groups is 2. The number of hydrogen-bond donors (Lipinski definition) is 1. The zero-order valence-electron chi connectivity index (χ0n) is 18.4. The Balaban J connectivity index is 1.84. The van der Waals surface area contributed by atoms with Crippen molar-refractivity contribution in [2.75, 3.05) is 6.61 Å². The van der Waals surface area contributed by atoms with Crippen molar-refractivity contribution in [3.63, 3.8) is 0 Å². The molecule has 1 N–H and O–H groups in total. The number of ether oxygens (including phenoxy) is 1. The predicted octanol–water partition coefficient (Wildman–Crippen LogP) is 7.41. The second-order valence-electron chi connectivity index (χ2n) is 7.38. The van der Waals surface area contributed by atoms with Crippen molar-refractivity contribution in [2.45, 2.75) is 28.2 Å². The number of aromatic nitrogens is 1. The van der Waals surface area contributed by atoms with Gasteiger partial charge in [-0.25, -0.2) is 4.79 Å². The lowest BCUT2D eigenvalue weighted by Crippen LogP contribution is -2.08. The van der Waals surface area contributed by atoms with Crippen LogP contribution in [0.3, 0.4) is 0 Å². The molecule has 4 nitrogen and oxygen atoms in total. The van der Waals surface area contributed by atoms with Gasteiger partial charge in [0.05, 0.1) is 22.2 Å². The lowest BCUT2D eigenvalue weighted by molar-refractivity contribution is 0.0527. The number of aryl methyl sites for hydroxylation is 1. The molecule has 3 aromatic carbocycles. The Hall–Kier alpha value is -2.35. The van der Waals surface area contributed by atoms with Gasteiger partial charge >= 0.3 is 5.97 Å². The van der Waals surface area contributed by atoms with Crippen molar-refractivity contribution >= 4 is 56.3 Å². The first kappa shape index (κ1) is 23.8. The molecule has 1 heterocycles. The number of nitrogens with zero attached hydrogens (tertiary/aromatic N) is 1. The zero-order valence-corrected chi connectivity index (χ0v) is 21.6. The minimum Gasteiger partial charge on any atom is -0.506 e. The molecule has 0 radical (unpaired) electrons. The number of aromatic hydroxyl groups is 1. The highest BCUT2D eigenvalue weighted by Gasteiger charge is 2.27. The number of hydrogen-bond acceptors (Lipinski definition) is 5. The van der Waals surface area contributed by atoms with Gasteiger partial charge in [-0.2, -0.15) is 0 Å². The van der Waals surface area contributed by atoms with E-state index < -0.39 is 0 Å². The summed E-state index contributed by atoms with van der Waals surface area (Å²) in [4.78, 5) is 15.4. The molecule has 0 bridgehead atoms. The SMILES string of the molecule is CCOC(=O)c1c(CSc2ccccc2)n(C)c2cc(Br)c(O)c(CSc3ccccc3)c12. The molecule has 0 aliphatic heterocycles. The normalized spacial score (nSPS) is 11.1. The smallest absolute Gasteiger partial charge is 0.340 e. The van der Waals surface area contributed by atoms with E-state index in [1.807, 2.05) is 73.1 Å². The van der Waals surface area contributed by atoms with Crippen LogP contribution in [0.4, 0.5) is 0 Å². The number of carbonyl (C=O) groups excluding carboxylic acids is 1. The molecule has 0 unspecified atom stereocenters. The molecule has 4 aromatic rings. The van der Waals surface area contributed by atoms with Crippen LogP contribution in [0, 0.1) is 0 Å². The molecular formula is C26H24BrNO3S2. The van der Waals surface area contributed by atoms with Crippen LogP contribution in [-0.4, -0.2) is 22.2 Å². The van der Waals surface area contributed by atoms with Crippen LogP contribution in [-0.2, 0) is 23.3 Å². The highest BCUT2D eigenvalue weighted by atomic mass is 79.9. The van der Waals surface area contributed by atoms with E-state index in [1.54, 1.807) is 23.5 Å². The second kappa shape index (κ2) is 10.7. The van der Waals surface area contributed by atoms with Crippen molar-refractivity contribution in [1.29, 1.82) is 0 Å². The van der Waals surface area contributed by atoms with E-state index in [-0.39, 0.29) is 18.3 Å². The third-order valence-electron chi connectivity index (χ3n) is 5.36. The van der Waals surface area contributed by atoms with E-state index in [0.717, 1.165) is 32.0 Å². The summed E-state index contributed by atoms with van der Waals surface area (Å²) in [5.41, 5.74) is 3.02. The third kappa shape index (κ3) is 5.10. The quantitative estimate of drug-likeness (QED) is 0.186. The van der Waals surface area contributed by atoms with Crippen LogP contribution in [0.15, 0.2) is 81.0 Å². The third-order valence-corrected chi connectivity index (χ3v) is 8.03. The first-order valence-corrected chi connectivity index (χ1v) is 13.3. The van der Waals surface area contributed by atoms with Gasteiger partial charge < -0.3 is 14.4 Å². The molecule has 0 amide bonds. The summed E-state index contributed by atoms with van der Waals surface area (Å²) in [5.74, 6) is 0.921. The first-order valence-electron chi connectivity index (χ1n) is 10.6. The van der Waals surface area contributed by atoms with E-state index in [1.165, 1.54) is 0 Å². The topological polar surface area (TPSA) is 51.5 Å². The fourth-order valence-corrected chi connectivity index (χ4v) is 6.14. The summed E-state index contributed by atoms with van der Waals surface area (Å²) in [6, 6.07) is 22.0. The van der Waals surface area contributed by atoms with Gasteiger partial charge in [0.15, 0.2) is 0 Å². The molecular weight excluding hydrogens is 518 g/mol. The number of rotatable bonds is 8. The van der Waals surface area contributed by atoms with Crippen LogP contribution in [0.5, 0.6) is 5.75 Å². The van der Waals surface area contributed by atoms with E-state index >= 15 is 0 Å². The Morgan fingerprint density at radius 3 is 2.15 bits per heavy atom. The Kier molecular flexibility index (Phi) is 7.73. The summed E-state index contributed by atoms with van der Waals surface area (Å²) in [7, 11) is 1.96. The second-order valence-corrected chi connectivity index (χ2v) is 10.3. The first-order chi connectivity index (χ1) is 16.0. The molecule has 1 aromatic heterocycles. The largest absolute Gasteiger partial charge is 0.506 e. The van der Waals surface area contributed by atoms with Crippen LogP contribution in [0.2, 0.25) is 0 Å². The van der Waals surface area contributed by atoms with Gasteiger partial charge in [-0.15, -0.1) is 23.5 Å². The maximum atomic E-state index is 13.2. The van der Waals surface area contributed by atoms with Crippen molar-refractivity contribution in [3.05, 3.63) is 88.0 Å². The number of esters is 1. The number of fused-ring (bicyclic) bond motifs is 1. The predicted molar refractivity (Wildman–Crippen MR) is 140 cm³/mol. The van der Waals surface area contributed by atoms with Gasteiger partial charge in [0, 0.05) is 45.0 Å². The molecule has 0 saturated heterocycles. The van der Waals surface area contributed by atoms with Crippen molar-refractivity contribution in [2.24, 2.45) is 7.05 Å². The molecule has 0 spiro atoms. The number of carbonyl (C=O) groups is 1. The Morgan fingerprint density at radius 1 is 1.00 bits per heavy atom. The minimum atomic E-state index is -0.362. The molecule has 7 heteroatoms. The van der Waals surface area contributed by atoms with E-state index in [9.17, 15) is 9.90 Å². The van der Waals surface area contributed by atoms with Crippen LogP contribution in [0.25, 0.3) is 10.9 Å². The maximum absolute atomic E-state index is 13.2. The average molecular weight is 543 g/mol. The van der Waals surface area contributed by atoms with Crippen molar-refractivity contribution in [1.82, 2.24) is 4.57 Å². The lowest BCUT2D eigenvalue weighted by atomic mass is 10.0. The molecule has 33 heavy (non-hydrogen) atoms. The molecule has 0 aliphatic rings. The average Bonchev–Trinajstić information content (AvgIpc) is 3.10. The minimum absolute atomic E-state index is 0.157. The molecule has 0 atom stereocenters. The van der Waals surface area contributed by atoms with Crippen LogP contribution >= 0.6 is 39.5 Å². The van der Waals surface area contributed by atoms with Crippen molar-refractivity contribution in [3.8, 4) is 5.75 Å². The van der Waals surface area contributed by atoms with Gasteiger partial charge in [-0.3, -0.25) is 0 Å². The van der Waals surface area contributed by atoms with Crippen molar-refractivity contribution < 1.29 is 14.6 Å². The van der Waals surface area contributed by atoms with Gasteiger partial charge in [-0.1, -0.05) is 36.4 Å². The fraction of sp³-hybridized carbons (Fsp3) is 0.192. The van der Waals surface area contributed by atoms with Gasteiger partial charge in [0.1, 0.15) is 5.75 Å². The Bertz CT molecular complexity index is 1270. The maximum Gasteiger partial charge on any atom is 0.340 e. The lowest BCUT2D eigenvalue weighted by Gasteiger charge is -2.11. The highest BCUT2D eigenvalue weighted by molar-refractivity contribution is 9.10. The molecule has 4 rings (SSSR count). The van der Waals surface area contributed by atoms with Gasteiger partial charge in [0.25, 0.3) is 0 Å². The van der Waals surface area contributed by atoms with E-state index in [4.69, 9.17) is 4.74 Å². The van der Waals surface area contributed by atoms with E-state index in [2.05, 4.69) is 28.1 Å². The molecule has 0 saturated carbocycles. The highest BCUT2D eigenvalue weighted by Crippen LogP contribution is 2.42. The number of halogens is 1. The van der Waals surface area contributed by atoms with Gasteiger partial charge in [-0.05, 0) is 53.2 Å². The van der Waals surface area contributed by atoms with Gasteiger partial charge in [0.2, 0.25) is 0 Å². The summed E-state index contributed by atoms with van der Waals surface area (Å²) in [6.07, 6.45) is 0. The number of phenols is 1. The number of phenolic OH excluding ortho intramolecular Hbond substituents is 1. The monoisotopic (exact) mass is 541 g/mol. The van der Waals surface area contributed by atoms with Crippen LogP contribution in [0.1, 0.15) is 28.5 Å².